The van der Waals surface area contributed by atoms with Gasteiger partial charge >= 0.3 is 5.69 Å². The van der Waals surface area contributed by atoms with Crippen LogP contribution in [0.5, 0.6) is 0 Å². The lowest BCUT2D eigenvalue weighted by Gasteiger charge is -1.97. The first-order chi connectivity index (χ1) is 5.33. The van der Waals surface area contributed by atoms with Gasteiger partial charge in [0, 0.05) is 6.04 Å². The number of thioether (sulfide) groups is 1. The summed E-state index contributed by atoms with van der Waals surface area (Å²) in [5.41, 5.74) is -0.0724. The Balaban J connectivity index is 2.46. The molecule has 4 nitrogen and oxygen atoms in total. The number of nitrogens with one attached hydrogen (secondary N) is 1. The zero-order valence-electron chi connectivity index (χ0n) is 6.20. The Hall–Kier alpha value is -0.710. The predicted molar refractivity (Wildman–Crippen MR) is 42.9 cm³/mol. The summed E-state index contributed by atoms with van der Waals surface area (Å²) in [7, 11) is 0. The first kappa shape index (κ1) is 6.97. The number of aromatic nitrogens is 3. The van der Waals surface area contributed by atoms with Gasteiger partial charge in [-0.2, -0.15) is 0 Å². The molecule has 0 atom stereocenters. The molecule has 0 radical (unpaired) electrons. The van der Waals surface area contributed by atoms with Crippen molar-refractivity contribution in [3.8, 4) is 0 Å². The van der Waals surface area contributed by atoms with Crippen LogP contribution >= 0.6 is 11.8 Å². The molecule has 1 aromatic rings. The minimum absolute atomic E-state index is 0.0724. The maximum atomic E-state index is 11.1. The van der Waals surface area contributed by atoms with Crippen molar-refractivity contribution in [3.05, 3.63) is 10.5 Å². The summed E-state index contributed by atoms with van der Waals surface area (Å²) in [5, 5.41) is 7.13. The van der Waals surface area contributed by atoms with E-state index in [4.69, 9.17) is 0 Å². The number of hydrogen-bond acceptors (Lipinski definition) is 3. The Morgan fingerprint density at radius 3 is 3.00 bits per heavy atom. The molecule has 0 spiro atoms. The van der Waals surface area contributed by atoms with Crippen molar-refractivity contribution in [1.82, 2.24) is 14.8 Å². The van der Waals surface area contributed by atoms with E-state index in [-0.39, 0.29) is 5.69 Å². The Bertz CT molecular complexity index is 312. The van der Waals surface area contributed by atoms with Gasteiger partial charge < -0.3 is 0 Å². The van der Waals surface area contributed by atoms with Gasteiger partial charge in [-0.1, -0.05) is 11.8 Å². The van der Waals surface area contributed by atoms with Crippen molar-refractivity contribution in [2.45, 2.75) is 24.0 Å². The van der Waals surface area contributed by atoms with E-state index in [1.807, 2.05) is 6.26 Å². The molecule has 1 aromatic heterocycles. The van der Waals surface area contributed by atoms with Crippen molar-refractivity contribution in [3.63, 3.8) is 0 Å². The standard InChI is InChI=1S/C6H9N3OS/c1-11-6-8-7-5(10)9(6)4-2-3-4/h4H,2-3H2,1H3,(H,7,10). The Morgan fingerprint density at radius 2 is 2.45 bits per heavy atom. The Kier molecular flexibility index (Phi) is 1.52. The van der Waals surface area contributed by atoms with E-state index in [0.29, 0.717) is 6.04 Å². The first-order valence-corrected chi connectivity index (χ1v) is 4.76. The molecule has 1 aliphatic rings. The SMILES string of the molecule is CSc1n[nH]c(=O)n1C1CC1. The Labute approximate surface area is 68.0 Å². The van der Waals surface area contributed by atoms with E-state index in [1.54, 1.807) is 4.57 Å². The lowest BCUT2D eigenvalue weighted by Crippen LogP contribution is -2.15. The molecular weight excluding hydrogens is 162 g/mol. The van der Waals surface area contributed by atoms with Gasteiger partial charge in [0.15, 0.2) is 5.16 Å². The molecule has 1 fully saturated rings. The van der Waals surface area contributed by atoms with Crippen molar-refractivity contribution in [2.24, 2.45) is 0 Å². The van der Waals surface area contributed by atoms with E-state index >= 15 is 0 Å². The fraction of sp³-hybridized carbons (Fsp3) is 0.667. The minimum atomic E-state index is -0.0724. The molecule has 60 valence electrons. The van der Waals surface area contributed by atoms with Crippen LogP contribution in [0.2, 0.25) is 0 Å². The number of rotatable bonds is 2. The largest absolute Gasteiger partial charge is 0.344 e. The van der Waals surface area contributed by atoms with E-state index in [2.05, 4.69) is 10.2 Å². The fourth-order valence-corrected chi connectivity index (χ4v) is 1.65. The summed E-state index contributed by atoms with van der Waals surface area (Å²) < 4.78 is 1.74. The zero-order valence-corrected chi connectivity index (χ0v) is 7.02. The fourth-order valence-electron chi connectivity index (χ4n) is 1.09. The average molecular weight is 171 g/mol. The van der Waals surface area contributed by atoms with Crippen LogP contribution in [0.4, 0.5) is 0 Å². The van der Waals surface area contributed by atoms with Crippen LogP contribution in [0, 0.1) is 0 Å². The summed E-state index contributed by atoms with van der Waals surface area (Å²) in [6, 6.07) is 0.420. The maximum Gasteiger partial charge on any atom is 0.344 e. The topological polar surface area (TPSA) is 50.7 Å². The summed E-state index contributed by atoms with van der Waals surface area (Å²) in [4.78, 5) is 11.1. The lowest BCUT2D eigenvalue weighted by molar-refractivity contribution is 0.643. The predicted octanol–water partition coefficient (Wildman–Crippen LogP) is 0.628. The van der Waals surface area contributed by atoms with Crippen LogP contribution in [0.3, 0.4) is 0 Å². The van der Waals surface area contributed by atoms with Crippen LogP contribution in [-0.4, -0.2) is 21.0 Å². The van der Waals surface area contributed by atoms with Gasteiger partial charge in [-0.05, 0) is 19.1 Å². The quantitative estimate of drug-likeness (QED) is 0.664. The van der Waals surface area contributed by atoms with Crippen molar-refractivity contribution < 1.29 is 0 Å². The maximum absolute atomic E-state index is 11.1. The molecule has 0 aliphatic heterocycles. The highest BCUT2D eigenvalue weighted by Gasteiger charge is 2.27. The van der Waals surface area contributed by atoms with Crippen LogP contribution in [0.1, 0.15) is 18.9 Å². The second-order valence-electron chi connectivity index (χ2n) is 2.62. The van der Waals surface area contributed by atoms with Gasteiger partial charge in [-0.25, -0.2) is 9.89 Å². The number of aromatic amines is 1. The molecule has 1 saturated carbocycles. The van der Waals surface area contributed by atoms with Gasteiger partial charge in [0.05, 0.1) is 0 Å². The molecule has 0 unspecified atom stereocenters. The van der Waals surface area contributed by atoms with Gasteiger partial charge in [-0.15, -0.1) is 5.10 Å². The third-order valence-electron chi connectivity index (χ3n) is 1.77. The van der Waals surface area contributed by atoms with E-state index < -0.39 is 0 Å². The third kappa shape index (κ3) is 1.09. The van der Waals surface area contributed by atoms with Gasteiger partial charge in [0.25, 0.3) is 0 Å². The number of H-pyrrole nitrogens is 1. The summed E-state index contributed by atoms with van der Waals surface area (Å²) in [6.07, 6.45) is 4.16. The van der Waals surface area contributed by atoms with Crippen LogP contribution < -0.4 is 5.69 Å². The van der Waals surface area contributed by atoms with Crippen molar-refractivity contribution >= 4 is 11.8 Å². The molecule has 0 saturated heterocycles. The molecule has 0 aromatic carbocycles. The minimum Gasteiger partial charge on any atom is -0.267 e. The zero-order chi connectivity index (χ0) is 7.84. The molecule has 0 amide bonds. The van der Waals surface area contributed by atoms with Crippen LogP contribution in [-0.2, 0) is 0 Å². The molecular formula is C6H9N3OS. The van der Waals surface area contributed by atoms with Crippen molar-refractivity contribution in [1.29, 1.82) is 0 Å². The van der Waals surface area contributed by atoms with Crippen molar-refractivity contribution in [2.75, 3.05) is 6.26 Å². The second-order valence-corrected chi connectivity index (χ2v) is 3.39. The average Bonchev–Trinajstić information content (AvgIpc) is 2.76. The second kappa shape index (κ2) is 2.41. The molecule has 1 aliphatic carbocycles. The van der Waals surface area contributed by atoms with Gasteiger partial charge in [0.2, 0.25) is 0 Å². The lowest BCUT2D eigenvalue weighted by atomic mass is 10.7. The molecule has 0 bridgehead atoms. The van der Waals surface area contributed by atoms with E-state index in [9.17, 15) is 4.79 Å². The van der Waals surface area contributed by atoms with E-state index in [0.717, 1.165) is 18.0 Å². The molecule has 2 rings (SSSR count). The smallest absolute Gasteiger partial charge is 0.267 e. The summed E-state index contributed by atoms with van der Waals surface area (Å²) >= 11 is 1.51. The third-order valence-corrected chi connectivity index (χ3v) is 2.42. The Morgan fingerprint density at radius 1 is 1.73 bits per heavy atom. The highest BCUT2D eigenvalue weighted by molar-refractivity contribution is 7.98. The highest BCUT2D eigenvalue weighted by Crippen LogP contribution is 2.35. The normalized spacial score (nSPS) is 17.2. The highest BCUT2D eigenvalue weighted by atomic mass is 32.2. The van der Waals surface area contributed by atoms with Crippen LogP contribution in [0.15, 0.2) is 9.95 Å². The van der Waals surface area contributed by atoms with Gasteiger partial charge in [0.1, 0.15) is 0 Å². The molecule has 1 N–H and O–H groups in total. The van der Waals surface area contributed by atoms with E-state index in [1.165, 1.54) is 11.8 Å². The summed E-state index contributed by atoms with van der Waals surface area (Å²) in [6.45, 7) is 0. The number of hydrogen-bond donors (Lipinski definition) is 1. The van der Waals surface area contributed by atoms with Gasteiger partial charge in [-0.3, -0.25) is 4.57 Å². The first-order valence-electron chi connectivity index (χ1n) is 3.54. The molecule has 11 heavy (non-hydrogen) atoms. The molecule has 1 heterocycles. The van der Waals surface area contributed by atoms with Crippen LogP contribution in [0.25, 0.3) is 0 Å². The summed E-state index contributed by atoms with van der Waals surface area (Å²) in [5.74, 6) is 0. The molecule has 5 heteroatoms. The monoisotopic (exact) mass is 171 g/mol. The number of nitrogens with zero attached hydrogens (tertiary/aromatic N) is 2.